The van der Waals surface area contributed by atoms with Crippen LogP contribution in [-0.2, 0) is 8.98 Å². The van der Waals surface area contributed by atoms with Gasteiger partial charge in [0, 0.05) is 5.57 Å². The van der Waals surface area contributed by atoms with Gasteiger partial charge in [-0.2, -0.15) is 0 Å². The molecule has 66 valence electrons. The van der Waals surface area contributed by atoms with E-state index in [9.17, 15) is 4.79 Å². The molecule has 0 atom stereocenters. The maximum atomic E-state index is 11.2. The fourth-order valence-electron chi connectivity index (χ4n) is 0.684. The molecule has 0 N–H and O–H groups in total. The van der Waals surface area contributed by atoms with E-state index in [-0.39, 0.29) is 5.97 Å². The van der Waals surface area contributed by atoms with Gasteiger partial charge in [0.25, 0.3) is 0 Å². The molecule has 0 aliphatic carbocycles. The molecule has 1 aliphatic heterocycles. The Labute approximate surface area is 75.2 Å². The largest absolute Gasteiger partial charge is 0.407 e. The molecule has 0 fully saturated rings. The molecular formula is C9H12O2S. The second-order valence-corrected chi connectivity index (χ2v) is 3.88. The van der Waals surface area contributed by atoms with Gasteiger partial charge >= 0.3 is 5.97 Å². The summed E-state index contributed by atoms with van der Waals surface area (Å²) in [4.78, 5) is 11.2. The molecule has 0 aromatic carbocycles. The maximum Gasteiger partial charge on any atom is 0.344 e. The molecule has 0 spiro atoms. The lowest BCUT2D eigenvalue weighted by Crippen LogP contribution is -2.02. The molecule has 2 nitrogen and oxygen atoms in total. The highest BCUT2D eigenvalue weighted by Crippen LogP contribution is 2.34. The van der Waals surface area contributed by atoms with E-state index in [0.29, 0.717) is 12.0 Å². The number of carbonyl (C=O) groups excluding carboxylic acids is 1. The molecule has 1 aliphatic rings. The fraction of sp³-hybridized carbons (Fsp3) is 0.222. The van der Waals surface area contributed by atoms with Crippen LogP contribution in [0.4, 0.5) is 0 Å². The van der Waals surface area contributed by atoms with E-state index in [1.165, 1.54) is 0 Å². The molecule has 1 rings (SSSR count). The lowest BCUT2D eigenvalue weighted by atomic mass is 10.2. The monoisotopic (exact) mass is 184 g/mol. The van der Waals surface area contributed by atoms with Crippen LogP contribution < -0.4 is 0 Å². The van der Waals surface area contributed by atoms with Gasteiger partial charge in [-0.1, -0.05) is 36.8 Å². The molecule has 0 amide bonds. The quantitative estimate of drug-likeness (QED) is 0.538. The number of rotatable bonds is 3. The van der Waals surface area contributed by atoms with Gasteiger partial charge in [0.2, 0.25) is 0 Å². The van der Waals surface area contributed by atoms with Crippen LogP contribution in [0.5, 0.6) is 0 Å². The zero-order valence-electron chi connectivity index (χ0n) is 6.99. The van der Waals surface area contributed by atoms with Crippen molar-refractivity contribution in [3.8, 4) is 0 Å². The van der Waals surface area contributed by atoms with Crippen molar-refractivity contribution in [1.29, 1.82) is 0 Å². The number of hydrogen-bond donors (Lipinski definition) is 1. The first-order valence-corrected chi connectivity index (χ1v) is 5.17. The zero-order valence-corrected chi connectivity index (χ0v) is 7.88. The Morgan fingerprint density at radius 3 is 2.58 bits per heavy atom. The first-order valence-electron chi connectivity index (χ1n) is 3.77. The maximum absolute atomic E-state index is 11.2. The Morgan fingerprint density at radius 2 is 2.08 bits per heavy atom. The number of carbonyl (C=O) groups is 1. The van der Waals surface area contributed by atoms with Crippen LogP contribution in [0.15, 0.2) is 35.1 Å². The fourth-order valence-corrected chi connectivity index (χ4v) is 1.76. The Hall–Kier alpha value is -0.960. The second-order valence-electron chi connectivity index (χ2n) is 2.38. The molecular weight excluding hydrogens is 172 g/mol. The average Bonchev–Trinajstić information content (AvgIpc) is 2.55. The van der Waals surface area contributed by atoms with Crippen molar-refractivity contribution < 1.29 is 8.98 Å². The zero-order chi connectivity index (χ0) is 8.97. The summed E-state index contributed by atoms with van der Waals surface area (Å²) in [5.41, 5.74) is 0.534. The minimum Gasteiger partial charge on any atom is -0.407 e. The van der Waals surface area contributed by atoms with Gasteiger partial charge in [0.05, 0.1) is 0 Å². The molecule has 1 heterocycles. The van der Waals surface area contributed by atoms with Gasteiger partial charge in [-0.25, -0.2) is 4.79 Å². The molecule has 0 radical (unpaired) electrons. The Morgan fingerprint density at radius 1 is 1.50 bits per heavy atom. The third-order valence-electron chi connectivity index (χ3n) is 1.48. The second kappa shape index (κ2) is 4.16. The van der Waals surface area contributed by atoms with Crippen LogP contribution in [0.2, 0.25) is 0 Å². The number of thiol groups is 1. The van der Waals surface area contributed by atoms with Gasteiger partial charge in [0.15, 0.2) is 0 Å². The summed E-state index contributed by atoms with van der Waals surface area (Å²) in [6, 6.07) is 0. The van der Waals surface area contributed by atoms with E-state index in [0.717, 1.165) is 0 Å². The lowest BCUT2D eigenvalue weighted by molar-refractivity contribution is -0.129. The van der Waals surface area contributed by atoms with Crippen molar-refractivity contribution in [1.82, 2.24) is 0 Å². The van der Waals surface area contributed by atoms with Gasteiger partial charge < -0.3 is 4.18 Å². The molecule has 0 aromatic heterocycles. The van der Waals surface area contributed by atoms with Crippen molar-refractivity contribution in [3.63, 3.8) is 0 Å². The van der Waals surface area contributed by atoms with Crippen LogP contribution >= 0.6 is 11.2 Å². The van der Waals surface area contributed by atoms with Gasteiger partial charge in [-0.05, 0) is 17.2 Å². The van der Waals surface area contributed by atoms with E-state index in [4.69, 9.17) is 4.18 Å². The number of hydrogen-bond acceptors (Lipinski definition) is 2. The summed E-state index contributed by atoms with van der Waals surface area (Å²) in [5, 5.41) is 3.77. The summed E-state index contributed by atoms with van der Waals surface area (Å²) >= 11 is -0.794. The van der Waals surface area contributed by atoms with Crippen molar-refractivity contribution in [2.24, 2.45) is 0 Å². The average molecular weight is 184 g/mol. The normalized spacial score (nSPS) is 16.6. The summed E-state index contributed by atoms with van der Waals surface area (Å²) in [6.45, 7) is 5.49. The van der Waals surface area contributed by atoms with Crippen LogP contribution in [0.3, 0.4) is 0 Å². The number of allylic oxidation sites excluding steroid dienone is 2. The van der Waals surface area contributed by atoms with E-state index in [2.05, 4.69) is 6.58 Å². The van der Waals surface area contributed by atoms with Gasteiger partial charge in [-0.3, -0.25) is 0 Å². The summed E-state index contributed by atoms with van der Waals surface area (Å²) in [5.74, 6) is -0.278. The smallest absolute Gasteiger partial charge is 0.344 e. The van der Waals surface area contributed by atoms with Crippen LogP contribution in [-0.4, -0.2) is 5.97 Å². The Bertz CT molecular complexity index is 241. The molecule has 3 heteroatoms. The van der Waals surface area contributed by atoms with E-state index >= 15 is 0 Å². The predicted molar refractivity (Wildman–Crippen MR) is 52.8 cm³/mol. The Balaban J connectivity index is 2.41. The molecule has 0 unspecified atom stereocenters. The highest BCUT2D eigenvalue weighted by Gasteiger charge is 2.09. The Kier molecular flexibility index (Phi) is 3.17. The molecule has 0 bridgehead atoms. The summed E-state index contributed by atoms with van der Waals surface area (Å²) < 4.78 is 5.12. The SMILES string of the molecule is C=C(CC)C(=O)O[SH]1C=CC=C1. The van der Waals surface area contributed by atoms with Gasteiger partial charge in [0.1, 0.15) is 0 Å². The van der Waals surface area contributed by atoms with Crippen molar-refractivity contribution in [3.05, 3.63) is 35.1 Å². The molecule has 0 saturated carbocycles. The minimum atomic E-state index is -0.794. The standard InChI is InChI=1S/C9H12O2S/c1-3-8(2)9(10)11-12-6-4-5-7-12/h4-7,12H,2-3H2,1H3. The van der Waals surface area contributed by atoms with Crippen LogP contribution in [0.25, 0.3) is 0 Å². The minimum absolute atomic E-state index is 0.278. The van der Waals surface area contributed by atoms with E-state index in [1.807, 2.05) is 29.9 Å². The van der Waals surface area contributed by atoms with Crippen LogP contribution in [0.1, 0.15) is 13.3 Å². The third-order valence-corrected chi connectivity index (χ3v) is 2.79. The van der Waals surface area contributed by atoms with Crippen LogP contribution in [0, 0.1) is 0 Å². The molecule has 12 heavy (non-hydrogen) atoms. The third kappa shape index (κ3) is 2.27. The van der Waals surface area contributed by atoms with Crippen molar-refractivity contribution in [2.75, 3.05) is 0 Å². The topological polar surface area (TPSA) is 26.3 Å². The van der Waals surface area contributed by atoms with Crippen molar-refractivity contribution in [2.45, 2.75) is 13.3 Å². The van der Waals surface area contributed by atoms with E-state index in [1.54, 1.807) is 0 Å². The predicted octanol–water partition coefficient (Wildman–Crippen LogP) is 2.45. The molecule has 0 aromatic rings. The summed E-state index contributed by atoms with van der Waals surface area (Å²) in [7, 11) is 0. The van der Waals surface area contributed by atoms with Crippen molar-refractivity contribution >= 4 is 17.1 Å². The highest BCUT2D eigenvalue weighted by molar-refractivity contribution is 8.18. The highest BCUT2D eigenvalue weighted by atomic mass is 32.2. The lowest BCUT2D eigenvalue weighted by Gasteiger charge is -2.11. The first-order chi connectivity index (χ1) is 5.74. The summed E-state index contributed by atoms with van der Waals surface area (Å²) in [6.07, 6.45) is 4.41. The first kappa shape index (κ1) is 9.13. The van der Waals surface area contributed by atoms with E-state index < -0.39 is 11.2 Å². The van der Waals surface area contributed by atoms with Gasteiger partial charge in [-0.15, -0.1) is 0 Å². The molecule has 0 saturated heterocycles.